The standard InChI is InChI=1S/C41H36ClN3O6/c1-22-9-13-26(14-10-22)43-45-38(48)31-21-30-28(16-17-29-35(30)39(49)44(37(29)47)27-15-11-23(2)32(42)20-27)36(24-12-18-33(46)34(19-24)51-3)41(31,40(45)50)25-7-5-4-6-8-25/h4-16,18-20,29-31,35-36,43,46H,17,21H2,1-3H3. The van der Waals surface area contributed by atoms with Gasteiger partial charge in [-0.1, -0.05) is 83.4 Å². The smallest absolute Gasteiger partial charge is 0.260 e. The number of phenolic OH excluding ortho intramolecular Hbond substituents is 1. The monoisotopic (exact) mass is 701 g/mol. The zero-order valence-corrected chi connectivity index (χ0v) is 29.1. The van der Waals surface area contributed by atoms with Crippen LogP contribution in [0.4, 0.5) is 11.4 Å². The van der Waals surface area contributed by atoms with E-state index < -0.39 is 46.8 Å². The summed E-state index contributed by atoms with van der Waals surface area (Å²) in [5.41, 5.74) is 6.63. The molecule has 2 N–H and O–H groups in total. The van der Waals surface area contributed by atoms with Crippen molar-refractivity contribution in [2.24, 2.45) is 23.7 Å². The molecule has 4 aliphatic rings. The zero-order valence-electron chi connectivity index (χ0n) is 28.3. The second-order valence-electron chi connectivity index (χ2n) is 14.0. The maximum Gasteiger partial charge on any atom is 0.260 e. The molecule has 2 saturated heterocycles. The number of carbonyl (C=O) groups excluding carboxylic acids is 4. The lowest BCUT2D eigenvalue weighted by Gasteiger charge is -2.50. The summed E-state index contributed by atoms with van der Waals surface area (Å²) in [6, 6.07) is 26.9. The van der Waals surface area contributed by atoms with Crippen LogP contribution in [0.1, 0.15) is 41.0 Å². The minimum atomic E-state index is -1.43. The summed E-state index contributed by atoms with van der Waals surface area (Å²) in [5.74, 6) is -4.92. The number of hydrogen-bond acceptors (Lipinski definition) is 7. The molecule has 2 aliphatic carbocycles. The fraction of sp³-hybridized carbons (Fsp3) is 0.268. The van der Waals surface area contributed by atoms with Gasteiger partial charge in [0.25, 0.3) is 11.8 Å². The number of benzene rings is 4. The molecule has 1 saturated carbocycles. The molecule has 2 aliphatic heterocycles. The van der Waals surface area contributed by atoms with Crippen LogP contribution >= 0.6 is 11.6 Å². The lowest BCUT2D eigenvalue weighted by atomic mass is 9.49. The van der Waals surface area contributed by atoms with E-state index in [1.54, 1.807) is 30.3 Å². The fourth-order valence-electron chi connectivity index (χ4n) is 8.97. The number of hydrogen-bond donors (Lipinski definition) is 2. The number of rotatable bonds is 6. The van der Waals surface area contributed by atoms with Crippen molar-refractivity contribution in [2.75, 3.05) is 17.4 Å². The topological polar surface area (TPSA) is 116 Å². The van der Waals surface area contributed by atoms with Crippen molar-refractivity contribution >= 4 is 46.6 Å². The summed E-state index contributed by atoms with van der Waals surface area (Å²) in [6.07, 6.45) is 2.46. The SMILES string of the molecule is COc1cc(C2C3=CCC4C(=O)N(c5ccc(C)c(Cl)c5)C(=O)C4C3CC3C(=O)N(Nc4ccc(C)cc4)C(=O)C32c2ccccc2)ccc1O. The van der Waals surface area contributed by atoms with Crippen LogP contribution in [0, 0.1) is 37.5 Å². The second kappa shape index (κ2) is 12.1. The van der Waals surface area contributed by atoms with Gasteiger partial charge in [-0.15, -0.1) is 0 Å². The van der Waals surface area contributed by atoms with E-state index >= 15 is 4.79 Å². The predicted molar refractivity (Wildman–Crippen MR) is 192 cm³/mol. The molecule has 4 amide bonds. The number of amides is 4. The highest BCUT2D eigenvalue weighted by Gasteiger charge is 2.70. The summed E-state index contributed by atoms with van der Waals surface area (Å²) < 4.78 is 5.54. The second-order valence-corrected chi connectivity index (χ2v) is 14.4. The molecule has 0 bridgehead atoms. The lowest BCUT2D eigenvalue weighted by Crippen LogP contribution is -2.53. The van der Waals surface area contributed by atoms with Gasteiger partial charge >= 0.3 is 0 Å². The minimum Gasteiger partial charge on any atom is -0.504 e. The van der Waals surface area contributed by atoms with Gasteiger partial charge in [0.1, 0.15) is 0 Å². The van der Waals surface area contributed by atoms with E-state index in [4.69, 9.17) is 16.3 Å². The Bertz CT molecular complexity index is 2150. The Morgan fingerprint density at radius 1 is 0.863 bits per heavy atom. The molecule has 3 fully saturated rings. The number of methoxy groups -OCH3 is 1. The lowest BCUT2D eigenvalue weighted by molar-refractivity contribution is -0.138. The number of anilines is 2. The maximum absolute atomic E-state index is 15.3. The molecule has 0 aromatic heterocycles. The number of allylic oxidation sites excluding steroid dienone is 2. The van der Waals surface area contributed by atoms with Crippen LogP contribution < -0.4 is 15.1 Å². The van der Waals surface area contributed by atoms with Crippen molar-refractivity contribution in [3.05, 3.63) is 130 Å². The summed E-state index contributed by atoms with van der Waals surface area (Å²) >= 11 is 6.45. The third-order valence-corrected chi connectivity index (χ3v) is 11.8. The van der Waals surface area contributed by atoms with Gasteiger partial charge < -0.3 is 9.84 Å². The average Bonchev–Trinajstić information content (AvgIpc) is 3.51. The van der Waals surface area contributed by atoms with Crippen LogP contribution in [0.5, 0.6) is 11.5 Å². The molecule has 6 atom stereocenters. The number of phenols is 1. The van der Waals surface area contributed by atoms with E-state index in [9.17, 15) is 19.5 Å². The first-order valence-corrected chi connectivity index (χ1v) is 17.4. The van der Waals surface area contributed by atoms with Gasteiger partial charge in [-0.3, -0.25) is 24.6 Å². The van der Waals surface area contributed by atoms with E-state index in [0.717, 1.165) is 21.7 Å². The van der Waals surface area contributed by atoms with Gasteiger partial charge in [0, 0.05) is 10.9 Å². The van der Waals surface area contributed by atoms with Crippen molar-refractivity contribution < 1.29 is 29.0 Å². The van der Waals surface area contributed by atoms with Crippen LogP contribution in [0.2, 0.25) is 5.02 Å². The molecule has 51 heavy (non-hydrogen) atoms. The number of aromatic hydroxyl groups is 1. The van der Waals surface area contributed by atoms with E-state index in [1.165, 1.54) is 18.1 Å². The van der Waals surface area contributed by atoms with Crippen molar-refractivity contribution in [2.45, 2.75) is 38.0 Å². The largest absolute Gasteiger partial charge is 0.504 e. The van der Waals surface area contributed by atoms with Crippen LogP contribution in [0.3, 0.4) is 0 Å². The molecule has 258 valence electrons. The Kier molecular flexibility index (Phi) is 7.79. The summed E-state index contributed by atoms with van der Waals surface area (Å²) in [5, 5.41) is 12.2. The molecule has 4 aromatic rings. The highest BCUT2D eigenvalue weighted by Crippen LogP contribution is 2.64. The summed E-state index contributed by atoms with van der Waals surface area (Å²) in [6.45, 7) is 3.81. The van der Waals surface area contributed by atoms with E-state index in [0.29, 0.717) is 27.5 Å². The van der Waals surface area contributed by atoms with Crippen LogP contribution in [-0.4, -0.2) is 40.9 Å². The maximum atomic E-state index is 15.3. The number of nitrogens with zero attached hydrogens (tertiary/aromatic N) is 2. The summed E-state index contributed by atoms with van der Waals surface area (Å²) in [7, 11) is 1.45. The number of carbonyl (C=O) groups is 4. The normalized spacial score (nSPS) is 26.8. The molecule has 0 spiro atoms. The van der Waals surface area contributed by atoms with Gasteiger partial charge in [-0.25, -0.2) is 4.90 Å². The Labute approximate surface area is 300 Å². The van der Waals surface area contributed by atoms with Gasteiger partial charge in [-0.2, -0.15) is 5.01 Å². The molecule has 0 radical (unpaired) electrons. The van der Waals surface area contributed by atoms with Crippen molar-refractivity contribution in [1.29, 1.82) is 0 Å². The molecule has 2 heterocycles. The van der Waals surface area contributed by atoms with Gasteiger partial charge in [-0.05, 0) is 85.7 Å². The fourth-order valence-corrected chi connectivity index (χ4v) is 9.15. The van der Waals surface area contributed by atoms with E-state index in [1.807, 2.05) is 74.5 Å². The first kappa shape index (κ1) is 32.8. The highest BCUT2D eigenvalue weighted by molar-refractivity contribution is 6.32. The average molecular weight is 702 g/mol. The Balaban J connectivity index is 1.32. The molecule has 8 rings (SSSR count). The Hall–Kier alpha value is -5.41. The number of imide groups is 2. The van der Waals surface area contributed by atoms with Crippen LogP contribution in [0.25, 0.3) is 0 Å². The predicted octanol–water partition coefficient (Wildman–Crippen LogP) is 6.86. The van der Waals surface area contributed by atoms with Crippen LogP contribution in [-0.2, 0) is 24.6 Å². The summed E-state index contributed by atoms with van der Waals surface area (Å²) in [4.78, 5) is 59.9. The number of halogens is 1. The number of fused-ring (bicyclic) bond motifs is 4. The van der Waals surface area contributed by atoms with E-state index in [-0.39, 0.29) is 36.2 Å². The third kappa shape index (κ3) is 4.82. The zero-order chi connectivity index (χ0) is 35.8. The molecule has 4 aromatic carbocycles. The molecule has 10 heteroatoms. The highest BCUT2D eigenvalue weighted by atomic mass is 35.5. The first-order chi connectivity index (χ1) is 24.6. The van der Waals surface area contributed by atoms with Gasteiger partial charge in [0.2, 0.25) is 11.8 Å². The number of hydrazine groups is 1. The Morgan fingerprint density at radius 2 is 1.61 bits per heavy atom. The molecular weight excluding hydrogens is 666 g/mol. The van der Waals surface area contributed by atoms with Crippen LogP contribution in [0.15, 0.2) is 103 Å². The quantitative estimate of drug-likeness (QED) is 0.167. The minimum absolute atomic E-state index is 0.0722. The van der Waals surface area contributed by atoms with Crippen molar-refractivity contribution in [3.8, 4) is 11.5 Å². The molecule has 9 nitrogen and oxygen atoms in total. The third-order valence-electron chi connectivity index (χ3n) is 11.3. The Morgan fingerprint density at radius 3 is 2.31 bits per heavy atom. The molecule has 6 unspecified atom stereocenters. The number of nitrogens with one attached hydrogen (secondary N) is 1. The number of aryl methyl sites for hydroxylation is 2. The van der Waals surface area contributed by atoms with Crippen molar-refractivity contribution in [1.82, 2.24) is 5.01 Å². The van der Waals surface area contributed by atoms with Gasteiger partial charge in [0.15, 0.2) is 11.5 Å². The first-order valence-electron chi connectivity index (χ1n) is 17.0. The molecular formula is C41H36ClN3O6. The van der Waals surface area contributed by atoms with Gasteiger partial charge in [0.05, 0.1) is 41.7 Å². The van der Waals surface area contributed by atoms with E-state index in [2.05, 4.69) is 5.43 Å². The number of ether oxygens (including phenoxy) is 1. The van der Waals surface area contributed by atoms with Crippen molar-refractivity contribution in [3.63, 3.8) is 0 Å².